The summed E-state index contributed by atoms with van der Waals surface area (Å²) >= 11 is 2.63. The predicted molar refractivity (Wildman–Crippen MR) is 121 cm³/mol. The molecule has 0 spiro atoms. The fraction of sp³-hybridized carbons (Fsp3) is 0.136. The van der Waals surface area contributed by atoms with Gasteiger partial charge in [-0.3, -0.25) is 14.2 Å². The largest absolute Gasteiger partial charge is 0.464 e. The van der Waals surface area contributed by atoms with Gasteiger partial charge >= 0.3 is 0 Å². The average Bonchev–Trinajstić information content (AvgIpc) is 3.43. The Balaban J connectivity index is 1.56. The van der Waals surface area contributed by atoms with Crippen molar-refractivity contribution in [1.82, 2.24) is 14.9 Å². The van der Waals surface area contributed by atoms with Crippen molar-refractivity contribution in [3.05, 3.63) is 82.7 Å². The first-order valence-corrected chi connectivity index (χ1v) is 11.1. The van der Waals surface area contributed by atoms with E-state index in [2.05, 4.69) is 16.9 Å². The fourth-order valence-electron chi connectivity index (χ4n) is 3.00. The molecule has 8 heteroatoms. The van der Waals surface area contributed by atoms with E-state index < -0.39 is 0 Å². The summed E-state index contributed by atoms with van der Waals surface area (Å²) in [7, 11) is 0. The number of hydrogen-bond acceptors (Lipinski definition) is 6. The summed E-state index contributed by atoms with van der Waals surface area (Å²) < 4.78 is 7.01. The van der Waals surface area contributed by atoms with Crippen LogP contribution in [0, 0.1) is 0 Å². The molecule has 0 saturated carbocycles. The van der Waals surface area contributed by atoms with E-state index in [4.69, 9.17) is 4.42 Å². The third-order valence-corrected chi connectivity index (χ3v) is 6.27. The maximum atomic E-state index is 13.2. The minimum Gasteiger partial charge on any atom is -0.464 e. The number of carbonyl (C=O) groups is 1. The van der Waals surface area contributed by atoms with Crippen LogP contribution in [0.15, 0.2) is 81.1 Å². The molecule has 30 heavy (non-hydrogen) atoms. The van der Waals surface area contributed by atoms with Gasteiger partial charge in [0.2, 0.25) is 5.91 Å². The lowest BCUT2D eigenvalue weighted by atomic mass is 10.2. The van der Waals surface area contributed by atoms with Gasteiger partial charge in [0.25, 0.3) is 5.56 Å². The van der Waals surface area contributed by atoms with E-state index >= 15 is 0 Å². The Kier molecular flexibility index (Phi) is 6.15. The third kappa shape index (κ3) is 4.24. The Bertz CT molecular complexity index is 1230. The second-order valence-electron chi connectivity index (χ2n) is 6.46. The molecule has 3 heterocycles. The molecular weight excluding hydrogens is 418 g/mol. The van der Waals surface area contributed by atoms with Crippen LogP contribution in [0.2, 0.25) is 0 Å². The Hall–Kier alpha value is -3.10. The normalized spacial score (nSPS) is 10.9. The average molecular weight is 438 g/mol. The Morgan fingerprint density at radius 3 is 2.83 bits per heavy atom. The monoisotopic (exact) mass is 437 g/mol. The summed E-state index contributed by atoms with van der Waals surface area (Å²) in [4.78, 5) is 30.8. The van der Waals surface area contributed by atoms with Gasteiger partial charge in [-0.15, -0.1) is 17.9 Å². The minimum absolute atomic E-state index is 0.120. The van der Waals surface area contributed by atoms with E-state index in [-0.39, 0.29) is 17.2 Å². The number of benzene rings is 1. The number of nitrogens with zero attached hydrogens (tertiary/aromatic N) is 2. The van der Waals surface area contributed by atoms with Gasteiger partial charge in [0.15, 0.2) is 5.16 Å². The summed E-state index contributed by atoms with van der Waals surface area (Å²) in [5, 5.41) is 5.78. The molecule has 0 aliphatic carbocycles. The summed E-state index contributed by atoms with van der Waals surface area (Å²) in [6.07, 6.45) is 3.22. The number of hydrogen-bond donors (Lipinski definition) is 1. The maximum Gasteiger partial charge on any atom is 0.263 e. The van der Waals surface area contributed by atoms with Crippen LogP contribution >= 0.6 is 23.1 Å². The van der Waals surface area contributed by atoms with Gasteiger partial charge < -0.3 is 9.73 Å². The molecule has 4 rings (SSSR count). The number of allylic oxidation sites excluding steroid dienone is 1. The molecule has 0 saturated heterocycles. The predicted octanol–water partition coefficient (Wildman–Crippen LogP) is 4.31. The number of nitrogens with one attached hydrogen (secondary N) is 1. The van der Waals surface area contributed by atoms with Gasteiger partial charge in [0.1, 0.15) is 10.6 Å². The zero-order chi connectivity index (χ0) is 20.9. The van der Waals surface area contributed by atoms with Crippen LogP contribution in [-0.4, -0.2) is 21.2 Å². The molecule has 1 N–H and O–H groups in total. The number of furan rings is 1. The molecule has 3 aromatic heterocycles. The Labute approximate surface area is 181 Å². The van der Waals surface area contributed by atoms with Crippen LogP contribution in [0.5, 0.6) is 0 Å². The third-order valence-electron chi connectivity index (χ3n) is 4.42. The molecule has 1 amide bonds. The summed E-state index contributed by atoms with van der Waals surface area (Å²) in [6, 6.07) is 13.3. The SMILES string of the molecule is C=CCn1c(SCC(=O)NCc2ccccc2)nc2scc(-c3ccco3)c2c1=O. The summed E-state index contributed by atoms with van der Waals surface area (Å²) in [5.41, 5.74) is 1.59. The minimum atomic E-state index is -0.167. The van der Waals surface area contributed by atoms with Crippen LogP contribution in [0.1, 0.15) is 5.56 Å². The highest BCUT2D eigenvalue weighted by Crippen LogP contribution is 2.32. The molecule has 0 bridgehead atoms. The van der Waals surface area contributed by atoms with Gasteiger partial charge in [-0.1, -0.05) is 48.2 Å². The van der Waals surface area contributed by atoms with Crippen molar-refractivity contribution in [2.24, 2.45) is 0 Å². The number of rotatable bonds is 8. The highest BCUT2D eigenvalue weighted by Gasteiger charge is 2.18. The maximum absolute atomic E-state index is 13.2. The van der Waals surface area contributed by atoms with Crippen molar-refractivity contribution in [1.29, 1.82) is 0 Å². The first kappa shape index (κ1) is 20.2. The van der Waals surface area contributed by atoms with Crippen molar-refractivity contribution < 1.29 is 9.21 Å². The second-order valence-corrected chi connectivity index (χ2v) is 8.26. The van der Waals surface area contributed by atoms with Crippen molar-refractivity contribution in [2.45, 2.75) is 18.2 Å². The van der Waals surface area contributed by atoms with Crippen LogP contribution in [0.25, 0.3) is 21.5 Å². The zero-order valence-electron chi connectivity index (χ0n) is 16.0. The molecule has 1 aromatic carbocycles. The number of thiophene rings is 1. The fourth-order valence-corrected chi connectivity index (χ4v) is 4.80. The lowest BCUT2D eigenvalue weighted by Gasteiger charge is -2.10. The van der Waals surface area contributed by atoms with Gasteiger partial charge in [0, 0.05) is 24.0 Å². The van der Waals surface area contributed by atoms with E-state index in [0.29, 0.717) is 34.2 Å². The van der Waals surface area contributed by atoms with Crippen molar-refractivity contribution in [3.63, 3.8) is 0 Å². The first-order chi connectivity index (χ1) is 14.7. The van der Waals surface area contributed by atoms with Gasteiger partial charge in [-0.2, -0.15) is 0 Å². The molecule has 152 valence electrons. The van der Waals surface area contributed by atoms with Gasteiger partial charge in [0.05, 0.1) is 17.4 Å². The highest BCUT2D eigenvalue weighted by atomic mass is 32.2. The summed E-state index contributed by atoms with van der Waals surface area (Å²) in [6.45, 7) is 4.52. The smallest absolute Gasteiger partial charge is 0.263 e. The van der Waals surface area contributed by atoms with Crippen molar-refractivity contribution >= 4 is 39.2 Å². The standard InChI is InChI=1S/C22H19N3O3S2/c1-2-10-25-21(27)19-16(17-9-6-11-28-17)13-29-20(19)24-22(25)30-14-18(26)23-12-15-7-4-3-5-8-15/h2-9,11,13H,1,10,12,14H2,(H,23,26). The molecule has 0 radical (unpaired) electrons. The first-order valence-electron chi connectivity index (χ1n) is 9.27. The van der Waals surface area contributed by atoms with Gasteiger partial charge in [-0.05, 0) is 17.7 Å². The number of carbonyl (C=O) groups excluding carboxylic acids is 1. The lowest BCUT2D eigenvalue weighted by Crippen LogP contribution is -2.26. The highest BCUT2D eigenvalue weighted by molar-refractivity contribution is 7.99. The number of fused-ring (bicyclic) bond motifs is 1. The van der Waals surface area contributed by atoms with E-state index in [9.17, 15) is 9.59 Å². The van der Waals surface area contributed by atoms with Crippen LogP contribution in [0.4, 0.5) is 0 Å². The quantitative estimate of drug-likeness (QED) is 0.252. The number of aromatic nitrogens is 2. The second kappa shape index (κ2) is 9.15. The van der Waals surface area contributed by atoms with Crippen molar-refractivity contribution in [2.75, 3.05) is 5.75 Å². The van der Waals surface area contributed by atoms with Crippen LogP contribution in [-0.2, 0) is 17.9 Å². The molecule has 6 nitrogen and oxygen atoms in total. The van der Waals surface area contributed by atoms with Crippen LogP contribution in [0.3, 0.4) is 0 Å². The molecule has 0 unspecified atom stereocenters. The number of amides is 1. The Morgan fingerprint density at radius 1 is 1.27 bits per heavy atom. The van der Waals surface area contributed by atoms with Crippen molar-refractivity contribution in [3.8, 4) is 11.3 Å². The topological polar surface area (TPSA) is 77.1 Å². The van der Waals surface area contributed by atoms with Crippen LogP contribution < -0.4 is 10.9 Å². The molecule has 0 aliphatic rings. The van der Waals surface area contributed by atoms with E-state index in [0.717, 1.165) is 11.1 Å². The molecule has 0 aliphatic heterocycles. The van der Waals surface area contributed by atoms with Gasteiger partial charge in [-0.25, -0.2) is 4.98 Å². The van der Waals surface area contributed by atoms with E-state index in [1.165, 1.54) is 23.1 Å². The summed E-state index contributed by atoms with van der Waals surface area (Å²) in [5.74, 6) is 0.676. The lowest BCUT2D eigenvalue weighted by molar-refractivity contribution is -0.118. The molecular formula is C22H19N3O3S2. The van der Waals surface area contributed by atoms with E-state index in [1.54, 1.807) is 23.0 Å². The molecule has 0 fully saturated rings. The Morgan fingerprint density at radius 2 is 2.10 bits per heavy atom. The number of thioether (sulfide) groups is 1. The molecule has 0 atom stereocenters. The zero-order valence-corrected chi connectivity index (χ0v) is 17.7. The van der Waals surface area contributed by atoms with E-state index in [1.807, 2.05) is 41.8 Å². The molecule has 4 aromatic rings.